The van der Waals surface area contributed by atoms with Crippen LogP contribution in [0.3, 0.4) is 0 Å². The van der Waals surface area contributed by atoms with Crippen molar-refractivity contribution in [2.45, 2.75) is 47.5 Å². The molecule has 0 bridgehead atoms. The topological polar surface area (TPSA) is 0 Å². The molecule has 1 aliphatic rings. The Hall–Kier alpha value is 1.00. The molecule has 0 heterocycles. The molecule has 2 unspecified atom stereocenters. The molecule has 0 radical (unpaired) electrons. The van der Waals surface area contributed by atoms with E-state index in [2.05, 4.69) is 48.5 Å². The van der Waals surface area contributed by atoms with Gasteiger partial charge in [0.2, 0.25) is 0 Å². The first kappa shape index (κ1) is 17.4. The fourth-order valence-corrected chi connectivity index (χ4v) is 1.61. The Balaban J connectivity index is 0. The molecular weight excluding hydrogens is 179 g/mol. The summed E-state index contributed by atoms with van der Waals surface area (Å²) in [5.74, 6) is 3.08. The van der Waals surface area contributed by atoms with Crippen molar-refractivity contribution < 1.29 is 29.6 Å². The van der Waals surface area contributed by atoms with Gasteiger partial charge < -0.3 is 19.8 Å². The van der Waals surface area contributed by atoms with Gasteiger partial charge in [-0.25, -0.2) is 6.42 Å². The Morgan fingerprint density at radius 2 is 1.71 bits per heavy atom. The van der Waals surface area contributed by atoms with Gasteiger partial charge in [-0.05, 0) is 5.92 Å². The molecule has 0 aromatic rings. The molecule has 1 aliphatic carbocycles. The summed E-state index contributed by atoms with van der Waals surface area (Å²) in [6.07, 6.45) is 2.31. The van der Waals surface area contributed by atoms with Crippen LogP contribution >= 0.6 is 0 Å². The third kappa shape index (κ3) is 6.48. The molecule has 0 amide bonds. The van der Waals surface area contributed by atoms with E-state index < -0.39 is 0 Å². The first-order valence-corrected chi connectivity index (χ1v) is 5.25. The minimum Gasteiger partial charge on any atom is -0.345 e. The molecule has 0 aromatic carbocycles. The second-order valence-electron chi connectivity index (χ2n) is 5.17. The van der Waals surface area contributed by atoms with Crippen LogP contribution in [0, 0.1) is 37.0 Å². The molecule has 0 saturated heterocycles. The van der Waals surface area contributed by atoms with Gasteiger partial charge in [0.25, 0.3) is 0 Å². The van der Waals surface area contributed by atoms with Gasteiger partial charge in [0, 0.05) is 0 Å². The summed E-state index contributed by atoms with van der Waals surface area (Å²) in [6, 6.07) is 0. The average Bonchev–Trinajstić information content (AvgIpc) is 2.63. The van der Waals surface area contributed by atoms with Crippen molar-refractivity contribution >= 4 is 0 Å². The molecule has 1 fully saturated rings. The van der Waals surface area contributed by atoms with Crippen LogP contribution in [0.2, 0.25) is 0 Å². The van der Waals surface area contributed by atoms with Gasteiger partial charge >= 0.3 is 29.6 Å². The normalized spacial score (nSPS) is 29.4. The van der Waals surface area contributed by atoms with Crippen molar-refractivity contribution in [1.29, 1.82) is 0 Å². The van der Waals surface area contributed by atoms with Crippen molar-refractivity contribution in [2.24, 2.45) is 17.3 Å². The molecule has 0 N–H and O–H groups in total. The van der Waals surface area contributed by atoms with E-state index in [0.717, 1.165) is 18.3 Å². The van der Waals surface area contributed by atoms with Crippen LogP contribution in [0.1, 0.15) is 47.5 Å². The van der Waals surface area contributed by atoms with Gasteiger partial charge in [0.1, 0.15) is 0 Å². The van der Waals surface area contributed by atoms with Crippen LogP contribution in [-0.4, -0.2) is 0 Å². The maximum atomic E-state index is 4.14. The quantitative estimate of drug-likeness (QED) is 0.470. The maximum Gasteiger partial charge on any atom is 1.00 e. The third-order valence-corrected chi connectivity index (χ3v) is 2.56. The van der Waals surface area contributed by atoms with Crippen molar-refractivity contribution in [2.75, 3.05) is 0 Å². The number of rotatable bonds is 2. The standard InChI is InChI=1S/C9H16.C4H9.Na/c1-5-9(4)6-8(9)7(2)3;1-4(2)3;/h7-8H,1,4-6H2,2-3H3;1-3H3;/q-2;-1;+1. The zero-order chi connectivity index (χ0) is 10.6. The third-order valence-electron chi connectivity index (χ3n) is 2.56. The van der Waals surface area contributed by atoms with Gasteiger partial charge in [0.15, 0.2) is 0 Å². The van der Waals surface area contributed by atoms with E-state index >= 15 is 0 Å². The SMILES string of the molecule is C[C-](C)C.[CH2-]CC1([CH2-])CC1C(C)C.[Na+]. The molecule has 80 valence electrons. The van der Waals surface area contributed by atoms with Crippen molar-refractivity contribution in [3.8, 4) is 0 Å². The smallest absolute Gasteiger partial charge is 0.345 e. The van der Waals surface area contributed by atoms with Gasteiger partial charge in [-0.2, -0.15) is 26.2 Å². The number of hydrogen-bond acceptors (Lipinski definition) is 0. The van der Waals surface area contributed by atoms with E-state index in [0.29, 0.717) is 5.41 Å². The number of hydrogen-bond donors (Lipinski definition) is 0. The van der Waals surface area contributed by atoms with Crippen molar-refractivity contribution in [3.05, 3.63) is 19.8 Å². The van der Waals surface area contributed by atoms with E-state index in [-0.39, 0.29) is 29.6 Å². The second kappa shape index (κ2) is 7.30. The van der Waals surface area contributed by atoms with Crippen LogP contribution in [0.15, 0.2) is 0 Å². The predicted octanol–water partition coefficient (Wildman–Crippen LogP) is 1.33. The Bertz CT molecular complexity index is 137. The zero-order valence-corrected chi connectivity index (χ0v) is 13.0. The molecule has 0 aliphatic heterocycles. The second-order valence-corrected chi connectivity index (χ2v) is 5.17. The Labute approximate surface area is 114 Å². The van der Waals surface area contributed by atoms with E-state index in [1.807, 2.05) is 0 Å². The summed E-state index contributed by atoms with van der Waals surface area (Å²) < 4.78 is 0. The fraction of sp³-hybridized carbons (Fsp3) is 0.769. The monoisotopic (exact) mass is 204 g/mol. The molecule has 1 heteroatoms. The largest absolute Gasteiger partial charge is 1.00 e. The molecule has 0 spiro atoms. The van der Waals surface area contributed by atoms with Gasteiger partial charge in [-0.15, -0.1) is 0 Å². The zero-order valence-electron chi connectivity index (χ0n) is 11.0. The summed E-state index contributed by atoms with van der Waals surface area (Å²) in [5.41, 5.74) is 0.369. The van der Waals surface area contributed by atoms with Crippen molar-refractivity contribution in [1.82, 2.24) is 0 Å². The Kier molecular flexibility index (Phi) is 9.07. The molecular formula is C13H25Na-2. The van der Waals surface area contributed by atoms with E-state index in [1.54, 1.807) is 0 Å². The van der Waals surface area contributed by atoms with Crippen LogP contribution in [0.25, 0.3) is 0 Å². The van der Waals surface area contributed by atoms with Crippen LogP contribution in [0.4, 0.5) is 0 Å². The summed E-state index contributed by atoms with van der Waals surface area (Å²) in [7, 11) is 0. The first-order chi connectivity index (χ1) is 5.83. The van der Waals surface area contributed by atoms with Gasteiger partial charge in [-0.1, -0.05) is 26.2 Å². The fourth-order valence-electron chi connectivity index (χ4n) is 1.61. The van der Waals surface area contributed by atoms with Crippen molar-refractivity contribution in [3.63, 3.8) is 0 Å². The Morgan fingerprint density at radius 3 is 1.79 bits per heavy atom. The van der Waals surface area contributed by atoms with Gasteiger partial charge in [-0.3, -0.25) is 0 Å². The molecule has 1 saturated carbocycles. The van der Waals surface area contributed by atoms with Gasteiger partial charge in [0.05, 0.1) is 0 Å². The minimum absolute atomic E-state index is 0. The maximum absolute atomic E-state index is 4.14. The van der Waals surface area contributed by atoms with E-state index in [4.69, 9.17) is 0 Å². The summed E-state index contributed by atoms with van der Waals surface area (Å²) in [6.45, 7) is 18.8. The molecule has 0 aromatic heterocycles. The Morgan fingerprint density at radius 1 is 1.36 bits per heavy atom. The molecule has 2 atom stereocenters. The minimum atomic E-state index is 0. The summed E-state index contributed by atoms with van der Waals surface area (Å²) >= 11 is 0. The van der Waals surface area contributed by atoms with Crippen LogP contribution < -0.4 is 29.6 Å². The van der Waals surface area contributed by atoms with E-state index in [9.17, 15) is 0 Å². The molecule has 1 rings (SSSR count). The van der Waals surface area contributed by atoms with Crippen LogP contribution in [0.5, 0.6) is 0 Å². The van der Waals surface area contributed by atoms with Crippen LogP contribution in [-0.2, 0) is 0 Å². The average molecular weight is 204 g/mol. The summed E-state index contributed by atoms with van der Waals surface area (Å²) in [5, 5.41) is 0. The molecule has 0 nitrogen and oxygen atoms in total. The summed E-state index contributed by atoms with van der Waals surface area (Å²) in [4.78, 5) is 0. The first-order valence-electron chi connectivity index (χ1n) is 5.25. The van der Waals surface area contributed by atoms with E-state index in [1.165, 1.54) is 12.3 Å². The molecule has 14 heavy (non-hydrogen) atoms. The predicted molar refractivity (Wildman–Crippen MR) is 61.0 cm³/mol.